The fourth-order valence-electron chi connectivity index (χ4n) is 3.37. The third-order valence-electron chi connectivity index (χ3n) is 4.84. The fourth-order valence-corrected chi connectivity index (χ4v) is 3.37. The van der Waals surface area contributed by atoms with Crippen LogP contribution >= 0.6 is 12.4 Å². The lowest BCUT2D eigenvalue weighted by Crippen LogP contribution is -2.25. The number of methoxy groups -OCH3 is 1. The molecule has 1 aliphatic carbocycles. The number of ether oxygens (including phenoxy) is 1. The molecule has 6 nitrogen and oxygen atoms in total. The van der Waals surface area contributed by atoms with Gasteiger partial charge < -0.3 is 21.1 Å². The molecule has 1 aliphatic rings. The van der Waals surface area contributed by atoms with Gasteiger partial charge in [0, 0.05) is 22.9 Å². The second-order valence-corrected chi connectivity index (χ2v) is 6.82. The van der Waals surface area contributed by atoms with E-state index in [2.05, 4.69) is 10.6 Å². The summed E-state index contributed by atoms with van der Waals surface area (Å²) in [5.41, 5.74) is 7.86. The van der Waals surface area contributed by atoms with Crippen LogP contribution in [-0.4, -0.2) is 18.9 Å². The van der Waals surface area contributed by atoms with Crippen molar-refractivity contribution in [1.29, 1.82) is 0 Å². The number of hydrogen-bond acceptors (Lipinski definition) is 4. The van der Waals surface area contributed by atoms with Gasteiger partial charge in [-0.2, -0.15) is 0 Å². The zero-order valence-electron chi connectivity index (χ0n) is 15.9. The summed E-state index contributed by atoms with van der Waals surface area (Å²) < 4.78 is 5.35. The van der Waals surface area contributed by atoms with Crippen molar-refractivity contribution in [3.63, 3.8) is 0 Å². The largest absolute Gasteiger partial charge is 0.495 e. The van der Waals surface area contributed by atoms with Gasteiger partial charge in [0.2, 0.25) is 5.91 Å². The summed E-state index contributed by atoms with van der Waals surface area (Å²) in [6.07, 6.45) is 5.20. The van der Waals surface area contributed by atoms with Crippen LogP contribution in [-0.2, 0) is 4.79 Å². The highest BCUT2D eigenvalue weighted by Gasteiger charge is 2.22. The molecule has 3 rings (SSSR count). The number of hydrogen-bond donors (Lipinski definition) is 3. The second-order valence-electron chi connectivity index (χ2n) is 6.82. The minimum Gasteiger partial charge on any atom is -0.495 e. The van der Waals surface area contributed by atoms with Gasteiger partial charge in [0.25, 0.3) is 5.91 Å². The molecular weight excluding hydrogens is 378 g/mol. The number of benzene rings is 2. The maximum Gasteiger partial charge on any atom is 0.255 e. The lowest BCUT2D eigenvalue weighted by molar-refractivity contribution is -0.120. The molecule has 0 aliphatic heterocycles. The standard InChI is InChI=1S/C21H25N3O3.ClH/c1-27-19-11-10-17(23-21(26)15-8-5-9-16(22)12-15)13-18(19)24-20(25)14-6-3-2-4-7-14;/h5,8-14H,2-4,6-7,22H2,1H3,(H,23,26)(H,24,25);1H. The van der Waals surface area contributed by atoms with E-state index < -0.39 is 0 Å². The molecule has 0 atom stereocenters. The molecule has 2 aromatic rings. The van der Waals surface area contributed by atoms with Gasteiger partial charge in [-0.3, -0.25) is 9.59 Å². The maximum atomic E-state index is 12.6. The first-order valence-corrected chi connectivity index (χ1v) is 9.22. The summed E-state index contributed by atoms with van der Waals surface area (Å²) in [5.74, 6) is 0.333. The Bertz CT molecular complexity index is 835. The number of carbonyl (C=O) groups is 2. The first kappa shape index (κ1) is 21.6. The van der Waals surface area contributed by atoms with E-state index in [1.54, 1.807) is 49.6 Å². The van der Waals surface area contributed by atoms with Gasteiger partial charge in [-0.15, -0.1) is 12.4 Å². The Morgan fingerprint density at radius 2 is 1.79 bits per heavy atom. The highest BCUT2D eigenvalue weighted by molar-refractivity contribution is 6.05. The molecule has 1 fully saturated rings. The topological polar surface area (TPSA) is 93.4 Å². The Morgan fingerprint density at radius 1 is 1.04 bits per heavy atom. The molecular formula is C21H26ClN3O3. The Balaban J connectivity index is 0.00000280. The van der Waals surface area contributed by atoms with Crippen molar-refractivity contribution in [2.75, 3.05) is 23.5 Å². The zero-order valence-corrected chi connectivity index (χ0v) is 16.7. The van der Waals surface area contributed by atoms with E-state index in [4.69, 9.17) is 10.5 Å². The number of amides is 2. The molecule has 2 aromatic carbocycles. The molecule has 7 heteroatoms. The van der Waals surface area contributed by atoms with Crippen molar-refractivity contribution in [1.82, 2.24) is 0 Å². The SMILES string of the molecule is COc1ccc(NC(=O)c2cccc(N)c2)cc1NC(=O)C1CCCCC1.Cl. The van der Waals surface area contributed by atoms with Gasteiger partial charge in [0.15, 0.2) is 0 Å². The molecule has 4 N–H and O–H groups in total. The van der Waals surface area contributed by atoms with E-state index in [0.717, 1.165) is 25.7 Å². The van der Waals surface area contributed by atoms with Gasteiger partial charge in [-0.25, -0.2) is 0 Å². The first-order valence-electron chi connectivity index (χ1n) is 9.22. The van der Waals surface area contributed by atoms with Crippen molar-refractivity contribution < 1.29 is 14.3 Å². The third kappa shape index (κ3) is 5.39. The molecule has 0 radical (unpaired) electrons. The predicted molar refractivity (Wildman–Crippen MR) is 114 cm³/mol. The van der Waals surface area contributed by atoms with Crippen LogP contribution < -0.4 is 21.1 Å². The monoisotopic (exact) mass is 403 g/mol. The van der Waals surface area contributed by atoms with E-state index in [1.807, 2.05) is 0 Å². The van der Waals surface area contributed by atoms with Gasteiger partial charge in [0.1, 0.15) is 5.75 Å². The van der Waals surface area contributed by atoms with Gasteiger partial charge in [-0.1, -0.05) is 25.3 Å². The number of anilines is 3. The number of carbonyl (C=O) groups excluding carboxylic acids is 2. The van der Waals surface area contributed by atoms with Crippen molar-refractivity contribution >= 4 is 41.3 Å². The minimum atomic E-state index is -0.267. The van der Waals surface area contributed by atoms with Crippen molar-refractivity contribution in [2.24, 2.45) is 5.92 Å². The molecule has 2 amide bonds. The Kier molecular flexibility index (Phi) is 7.70. The molecule has 28 heavy (non-hydrogen) atoms. The Hall–Kier alpha value is -2.73. The minimum absolute atomic E-state index is 0. The smallest absolute Gasteiger partial charge is 0.255 e. The molecule has 150 valence electrons. The lowest BCUT2D eigenvalue weighted by atomic mass is 9.88. The Morgan fingerprint density at radius 3 is 2.46 bits per heavy atom. The summed E-state index contributed by atoms with van der Waals surface area (Å²) in [7, 11) is 1.55. The zero-order chi connectivity index (χ0) is 19.2. The van der Waals surface area contributed by atoms with Gasteiger partial charge >= 0.3 is 0 Å². The number of nitrogen functional groups attached to an aromatic ring is 1. The van der Waals surface area contributed by atoms with Crippen LogP contribution in [0, 0.1) is 5.92 Å². The van der Waals surface area contributed by atoms with Crippen molar-refractivity contribution in [3.8, 4) is 5.75 Å². The third-order valence-corrected chi connectivity index (χ3v) is 4.84. The highest BCUT2D eigenvalue weighted by Crippen LogP contribution is 2.31. The molecule has 0 aromatic heterocycles. The maximum absolute atomic E-state index is 12.6. The number of rotatable bonds is 5. The summed E-state index contributed by atoms with van der Waals surface area (Å²) in [6, 6.07) is 11.9. The second kappa shape index (κ2) is 9.99. The van der Waals surface area contributed by atoms with E-state index in [9.17, 15) is 9.59 Å². The van der Waals surface area contributed by atoms with E-state index in [1.165, 1.54) is 6.42 Å². The first-order chi connectivity index (χ1) is 13.1. The molecule has 0 unspecified atom stereocenters. The van der Waals surface area contributed by atoms with Crippen LogP contribution in [0.5, 0.6) is 5.75 Å². The fraction of sp³-hybridized carbons (Fsp3) is 0.333. The molecule has 0 spiro atoms. The van der Waals surface area contributed by atoms with E-state index >= 15 is 0 Å². The normalized spacial score (nSPS) is 13.9. The quantitative estimate of drug-likeness (QED) is 0.642. The van der Waals surface area contributed by atoms with Gasteiger partial charge in [-0.05, 0) is 49.2 Å². The highest BCUT2D eigenvalue weighted by atomic mass is 35.5. The number of halogens is 1. The van der Waals surface area contributed by atoms with Crippen LogP contribution in [0.4, 0.5) is 17.1 Å². The van der Waals surface area contributed by atoms with Crippen LogP contribution in [0.3, 0.4) is 0 Å². The molecule has 0 saturated heterocycles. The summed E-state index contributed by atoms with van der Waals surface area (Å²) in [4.78, 5) is 25.0. The van der Waals surface area contributed by atoms with Crippen LogP contribution in [0.2, 0.25) is 0 Å². The average Bonchev–Trinajstić information content (AvgIpc) is 2.69. The Labute approximate surface area is 171 Å². The van der Waals surface area contributed by atoms with Crippen LogP contribution in [0.1, 0.15) is 42.5 Å². The van der Waals surface area contributed by atoms with Crippen molar-refractivity contribution in [2.45, 2.75) is 32.1 Å². The van der Waals surface area contributed by atoms with Crippen LogP contribution in [0.25, 0.3) is 0 Å². The summed E-state index contributed by atoms with van der Waals surface area (Å²) in [6.45, 7) is 0. The molecule has 0 bridgehead atoms. The van der Waals surface area contributed by atoms with Gasteiger partial charge in [0.05, 0.1) is 12.8 Å². The van der Waals surface area contributed by atoms with Crippen molar-refractivity contribution in [3.05, 3.63) is 48.0 Å². The lowest BCUT2D eigenvalue weighted by Gasteiger charge is -2.21. The number of nitrogens with one attached hydrogen (secondary N) is 2. The average molecular weight is 404 g/mol. The molecule has 0 heterocycles. The number of nitrogens with two attached hydrogens (primary N) is 1. The van der Waals surface area contributed by atoms with Crippen LogP contribution in [0.15, 0.2) is 42.5 Å². The molecule has 1 saturated carbocycles. The summed E-state index contributed by atoms with van der Waals surface area (Å²) in [5, 5.41) is 5.79. The van der Waals surface area contributed by atoms with E-state index in [-0.39, 0.29) is 30.1 Å². The van der Waals surface area contributed by atoms with E-state index in [0.29, 0.717) is 28.4 Å². The predicted octanol–water partition coefficient (Wildman–Crippen LogP) is 4.47. The summed E-state index contributed by atoms with van der Waals surface area (Å²) >= 11 is 0.